The predicted molar refractivity (Wildman–Crippen MR) is 143 cm³/mol. The zero-order valence-corrected chi connectivity index (χ0v) is 21.7. The summed E-state index contributed by atoms with van der Waals surface area (Å²) in [5.41, 5.74) is 3.57. The number of benzene rings is 3. The summed E-state index contributed by atoms with van der Waals surface area (Å²) in [6, 6.07) is 15.4. The van der Waals surface area contributed by atoms with Gasteiger partial charge in [-0.05, 0) is 85.8 Å². The highest BCUT2D eigenvalue weighted by molar-refractivity contribution is 6.36. The van der Waals surface area contributed by atoms with Crippen molar-refractivity contribution < 1.29 is 28.9 Å². The van der Waals surface area contributed by atoms with Gasteiger partial charge in [0, 0.05) is 30.4 Å². The van der Waals surface area contributed by atoms with Crippen molar-refractivity contribution in [1.82, 2.24) is 4.90 Å². The van der Waals surface area contributed by atoms with Gasteiger partial charge >= 0.3 is 11.9 Å². The number of phenolic OH excluding ortho intramolecular Hbond substituents is 1. The molecule has 200 valence electrons. The second kappa shape index (κ2) is 12.1. The fraction of sp³-hybridized carbons (Fsp3) is 0.333. The SMILES string of the molecule is Cc1cc(NC(=O)C(=O)O)cc(C)c1Oc1ccc(O)c(CN(Cc2ccc(F)cc2)C2CCCCC2)c1. The van der Waals surface area contributed by atoms with Crippen molar-refractivity contribution in [3.63, 3.8) is 0 Å². The highest BCUT2D eigenvalue weighted by Gasteiger charge is 2.23. The van der Waals surface area contributed by atoms with Gasteiger partial charge in [-0.1, -0.05) is 31.4 Å². The van der Waals surface area contributed by atoms with Crippen LogP contribution in [0.3, 0.4) is 0 Å². The van der Waals surface area contributed by atoms with Gasteiger partial charge < -0.3 is 20.3 Å². The lowest BCUT2D eigenvalue weighted by molar-refractivity contribution is -0.147. The van der Waals surface area contributed by atoms with Crippen molar-refractivity contribution in [1.29, 1.82) is 0 Å². The molecular formula is C30H33FN2O5. The van der Waals surface area contributed by atoms with Gasteiger partial charge in [-0.25, -0.2) is 9.18 Å². The number of carbonyl (C=O) groups is 2. The zero-order chi connectivity index (χ0) is 27.2. The van der Waals surface area contributed by atoms with E-state index in [0.29, 0.717) is 36.3 Å². The van der Waals surface area contributed by atoms with Gasteiger partial charge in [-0.3, -0.25) is 9.69 Å². The number of anilines is 1. The Hall–Kier alpha value is -3.91. The molecule has 8 heteroatoms. The molecule has 0 atom stereocenters. The molecule has 1 aliphatic rings. The zero-order valence-electron chi connectivity index (χ0n) is 21.7. The summed E-state index contributed by atoms with van der Waals surface area (Å²) in [6.07, 6.45) is 5.73. The van der Waals surface area contributed by atoms with Gasteiger partial charge in [0.1, 0.15) is 23.1 Å². The smallest absolute Gasteiger partial charge is 0.394 e. The Morgan fingerprint density at radius 2 is 1.63 bits per heavy atom. The van der Waals surface area contributed by atoms with Gasteiger partial charge in [0.05, 0.1) is 0 Å². The van der Waals surface area contributed by atoms with Crippen LogP contribution in [0.25, 0.3) is 0 Å². The van der Waals surface area contributed by atoms with E-state index in [1.807, 2.05) is 19.9 Å². The van der Waals surface area contributed by atoms with Gasteiger partial charge in [0.25, 0.3) is 0 Å². The Morgan fingerprint density at radius 3 is 2.26 bits per heavy atom. The number of rotatable bonds is 8. The number of ether oxygens (including phenoxy) is 1. The Balaban J connectivity index is 1.55. The number of carboxylic acid groups (broad SMARTS) is 1. The number of aliphatic carboxylic acids is 1. The molecule has 0 unspecified atom stereocenters. The lowest BCUT2D eigenvalue weighted by atomic mass is 9.93. The molecular weight excluding hydrogens is 487 g/mol. The number of amides is 1. The molecule has 0 radical (unpaired) electrons. The van der Waals surface area contributed by atoms with E-state index in [0.717, 1.165) is 35.1 Å². The van der Waals surface area contributed by atoms with Crippen LogP contribution in [0.1, 0.15) is 54.4 Å². The van der Waals surface area contributed by atoms with Gasteiger partial charge in [-0.15, -0.1) is 0 Å². The molecule has 38 heavy (non-hydrogen) atoms. The summed E-state index contributed by atoms with van der Waals surface area (Å²) in [7, 11) is 0. The first kappa shape index (κ1) is 27.1. The minimum Gasteiger partial charge on any atom is -0.508 e. The normalized spacial score (nSPS) is 13.9. The number of nitrogens with zero attached hydrogens (tertiary/aromatic N) is 1. The van der Waals surface area contributed by atoms with E-state index < -0.39 is 11.9 Å². The predicted octanol–water partition coefficient (Wildman–Crippen LogP) is 6.30. The van der Waals surface area contributed by atoms with Crippen LogP contribution in [0, 0.1) is 19.7 Å². The number of hydrogen-bond acceptors (Lipinski definition) is 5. The number of aryl methyl sites for hydroxylation is 2. The molecule has 1 amide bonds. The van der Waals surface area contributed by atoms with Crippen LogP contribution < -0.4 is 10.1 Å². The van der Waals surface area contributed by atoms with Crippen LogP contribution >= 0.6 is 0 Å². The second-order valence-electron chi connectivity index (χ2n) is 9.91. The van der Waals surface area contributed by atoms with Crippen LogP contribution in [-0.2, 0) is 22.7 Å². The first-order valence-electron chi connectivity index (χ1n) is 12.8. The molecule has 7 nitrogen and oxygen atoms in total. The summed E-state index contributed by atoms with van der Waals surface area (Å²) >= 11 is 0. The van der Waals surface area contributed by atoms with Crippen LogP contribution in [0.5, 0.6) is 17.2 Å². The summed E-state index contributed by atoms with van der Waals surface area (Å²) < 4.78 is 19.7. The molecule has 0 spiro atoms. The maximum atomic E-state index is 13.5. The molecule has 3 aromatic carbocycles. The number of carboxylic acids is 1. The summed E-state index contributed by atoms with van der Waals surface area (Å²) in [5.74, 6) is -1.61. The Bertz CT molecular complexity index is 1280. The maximum Gasteiger partial charge on any atom is 0.394 e. The molecule has 4 rings (SSSR count). The van der Waals surface area contributed by atoms with E-state index in [9.17, 15) is 19.1 Å². The van der Waals surface area contributed by atoms with Crippen molar-refractivity contribution in [3.05, 3.63) is 82.7 Å². The lowest BCUT2D eigenvalue weighted by Crippen LogP contribution is -2.35. The van der Waals surface area contributed by atoms with Crippen LogP contribution in [0.2, 0.25) is 0 Å². The first-order chi connectivity index (χ1) is 18.2. The number of nitrogens with one attached hydrogen (secondary N) is 1. The fourth-order valence-electron chi connectivity index (χ4n) is 5.04. The number of aromatic hydroxyl groups is 1. The largest absolute Gasteiger partial charge is 0.508 e. The molecule has 3 aromatic rings. The number of halogens is 1. The molecule has 0 aliphatic heterocycles. The van der Waals surface area contributed by atoms with E-state index in [-0.39, 0.29) is 11.6 Å². The summed E-state index contributed by atoms with van der Waals surface area (Å²) in [5, 5.41) is 21.9. The van der Waals surface area contributed by atoms with Crippen molar-refractivity contribution in [3.8, 4) is 17.2 Å². The molecule has 0 aromatic heterocycles. The highest BCUT2D eigenvalue weighted by Crippen LogP contribution is 2.35. The van der Waals surface area contributed by atoms with Crippen molar-refractivity contribution in [2.24, 2.45) is 0 Å². The molecule has 1 saturated carbocycles. The first-order valence-corrected chi connectivity index (χ1v) is 12.8. The molecule has 0 bridgehead atoms. The van der Waals surface area contributed by atoms with Crippen molar-refractivity contribution in [2.45, 2.75) is 65.1 Å². The third-order valence-electron chi connectivity index (χ3n) is 6.95. The molecule has 3 N–H and O–H groups in total. The van der Waals surface area contributed by atoms with Crippen molar-refractivity contribution in [2.75, 3.05) is 5.32 Å². The van der Waals surface area contributed by atoms with Crippen LogP contribution in [-0.4, -0.2) is 33.0 Å². The molecule has 1 aliphatic carbocycles. The third-order valence-corrected chi connectivity index (χ3v) is 6.95. The Labute approximate surface area is 221 Å². The maximum absolute atomic E-state index is 13.5. The number of carbonyl (C=O) groups excluding carboxylic acids is 1. The van der Waals surface area contributed by atoms with Crippen LogP contribution in [0.15, 0.2) is 54.6 Å². The minimum absolute atomic E-state index is 0.178. The topological polar surface area (TPSA) is 99.1 Å². The minimum atomic E-state index is -1.56. The lowest BCUT2D eigenvalue weighted by Gasteiger charge is -2.34. The molecule has 1 fully saturated rings. The quantitative estimate of drug-likeness (QED) is 0.302. The van der Waals surface area contributed by atoms with Gasteiger partial charge in [0.15, 0.2) is 0 Å². The number of hydrogen-bond donors (Lipinski definition) is 3. The van der Waals surface area contributed by atoms with E-state index in [4.69, 9.17) is 9.84 Å². The van der Waals surface area contributed by atoms with Crippen LogP contribution in [0.4, 0.5) is 10.1 Å². The monoisotopic (exact) mass is 520 g/mol. The molecule has 0 saturated heterocycles. The van der Waals surface area contributed by atoms with Crippen molar-refractivity contribution >= 4 is 17.6 Å². The average Bonchev–Trinajstić information content (AvgIpc) is 2.89. The average molecular weight is 521 g/mol. The fourth-order valence-corrected chi connectivity index (χ4v) is 5.04. The summed E-state index contributed by atoms with van der Waals surface area (Å²) in [4.78, 5) is 24.7. The third kappa shape index (κ3) is 6.89. The second-order valence-corrected chi connectivity index (χ2v) is 9.91. The Morgan fingerprint density at radius 1 is 0.974 bits per heavy atom. The van der Waals surface area contributed by atoms with E-state index in [1.54, 1.807) is 36.4 Å². The van der Waals surface area contributed by atoms with E-state index >= 15 is 0 Å². The van der Waals surface area contributed by atoms with E-state index in [1.165, 1.54) is 31.4 Å². The van der Waals surface area contributed by atoms with Gasteiger partial charge in [-0.2, -0.15) is 0 Å². The summed E-state index contributed by atoms with van der Waals surface area (Å²) in [6.45, 7) is 4.79. The highest BCUT2D eigenvalue weighted by atomic mass is 19.1. The van der Waals surface area contributed by atoms with Gasteiger partial charge in [0.2, 0.25) is 0 Å². The number of phenols is 1. The van der Waals surface area contributed by atoms with E-state index in [2.05, 4.69) is 10.2 Å². The molecule has 0 heterocycles. The Kier molecular flexibility index (Phi) is 8.63. The standard InChI is InChI=1S/C30H33FN2O5/c1-19-14-24(32-29(35)30(36)37)15-20(2)28(19)38-26-12-13-27(34)22(16-26)18-33(25-6-4-3-5-7-25)17-21-8-10-23(31)11-9-21/h8-16,25,34H,3-7,17-18H2,1-2H3,(H,32,35)(H,36,37).